The summed E-state index contributed by atoms with van der Waals surface area (Å²) in [5.41, 5.74) is 0.474. The fourth-order valence-corrected chi connectivity index (χ4v) is 2.86. The molecule has 0 radical (unpaired) electrons. The fraction of sp³-hybridized carbons (Fsp3) is 0.0909. The number of hydrogen-bond acceptors (Lipinski definition) is 5. The number of ether oxygens (including phenoxy) is 1. The zero-order valence-electron chi connectivity index (χ0n) is 8.69. The predicted octanol–water partition coefficient (Wildman–Crippen LogP) is 3.31. The maximum Gasteiger partial charge on any atom is 0.349 e. The molecule has 0 aliphatic carbocycles. The van der Waals surface area contributed by atoms with E-state index in [0.717, 1.165) is 10.1 Å². The normalized spacial score (nSPS) is 10.0. The molecule has 0 fully saturated rings. The predicted molar refractivity (Wildman–Crippen MR) is 66.0 cm³/mol. The van der Waals surface area contributed by atoms with E-state index in [4.69, 9.17) is 11.6 Å². The third kappa shape index (κ3) is 2.08. The molecule has 0 spiro atoms. The lowest BCUT2D eigenvalue weighted by Gasteiger charge is -1.94. The second-order valence-corrected chi connectivity index (χ2v) is 4.55. The van der Waals surface area contributed by atoms with Crippen LogP contribution >= 0.6 is 22.9 Å². The Balaban J connectivity index is 2.64. The van der Waals surface area contributed by atoms with Gasteiger partial charge >= 0.3 is 5.97 Å². The van der Waals surface area contributed by atoms with Gasteiger partial charge in [-0.3, -0.25) is 0 Å². The van der Waals surface area contributed by atoms with Crippen LogP contribution in [0.4, 0.5) is 5.69 Å². The van der Waals surface area contributed by atoms with Crippen LogP contribution in [0, 0.1) is 0 Å². The maximum absolute atomic E-state index is 11.4. The highest BCUT2D eigenvalue weighted by Gasteiger charge is 2.17. The van der Waals surface area contributed by atoms with Crippen LogP contribution in [-0.4, -0.2) is 19.2 Å². The molecule has 0 saturated carbocycles. The van der Waals surface area contributed by atoms with Gasteiger partial charge in [0, 0.05) is 10.1 Å². The van der Waals surface area contributed by atoms with E-state index in [1.807, 2.05) is 0 Å². The zero-order chi connectivity index (χ0) is 12.4. The number of rotatable bonds is 2. The molecule has 17 heavy (non-hydrogen) atoms. The summed E-state index contributed by atoms with van der Waals surface area (Å²) in [6.45, 7) is 0. The van der Waals surface area contributed by atoms with Crippen LogP contribution in [-0.2, 0) is 9.53 Å². The van der Waals surface area contributed by atoms with E-state index in [-0.39, 0.29) is 0 Å². The first-order valence-electron chi connectivity index (χ1n) is 4.55. The van der Waals surface area contributed by atoms with Gasteiger partial charge in [-0.25, -0.2) is 9.59 Å². The van der Waals surface area contributed by atoms with Crippen molar-refractivity contribution in [3.63, 3.8) is 0 Å². The number of nitrogens with zero attached hydrogens (tertiary/aromatic N) is 1. The molecule has 0 unspecified atom stereocenters. The van der Waals surface area contributed by atoms with Gasteiger partial charge in [-0.2, -0.15) is 4.99 Å². The molecule has 0 aliphatic rings. The number of carbonyl (C=O) groups is 1. The fourth-order valence-electron chi connectivity index (χ4n) is 1.40. The first-order chi connectivity index (χ1) is 8.17. The second-order valence-electron chi connectivity index (χ2n) is 3.12. The van der Waals surface area contributed by atoms with Gasteiger partial charge in [0.25, 0.3) is 0 Å². The largest absolute Gasteiger partial charge is 0.465 e. The van der Waals surface area contributed by atoms with E-state index in [0.29, 0.717) is 15.6 Å². The van der Waals surface area contributed by atoms with Crippen molar-refractivity contribution in [2.75, 3.05) is 7.11 Å². The van der Waals surface area contributed by atoms with Crippen LogP contribution in [0.1, 0.15) is 9.67 Å². The molecule has 0 bridgehead atoms. The molecule has 1 heterocycles. The average Bonchev–Trinajstić information content (AvgIpc) is 2.66. The van der Waals surface area contributed by atoms with Crippen molar-refractivity contribution in [1.29, 1.82) is 0 Å². The second kappa shape index (κ2) is 4.67. The van der Waals surface area contributed by atoms with E-state index in [1.54, 1.807) is 18.2 Å². The van der Waals surface area contributed by atoms with Crippen molar-refractivity contribution in [3.05, 3.63) is 28.1 Å². The van der Waals surface area contributed by atoms with Crippen LogP contribution < -0.4 is 0 Å². The summed E-state index contributed by atoms with van der Waals surface area (Å²) in [7, 11) is 1.30. The van der Waals surface area contributed by atoms with E-state index in [2.05, 4.69) is 9.73 Å². The van der Waals surface area contributed by atoms with E-state index in [1.165, 1.54) is 24.5 Å². The quantitative estimate of drug-likeness (QED) is 0.476. The van der Waals surface area contributed by atoms with Crippen molar-refractivity contribution in [3.8, 4) is 0 Å². The van der Waals surface area contributed by atoms with Gasteiger partial charge in [-0.05, 0) is 18.2 Å². The van der Waals surface area contributed by atoms with Gasteiger partial charge in [-0.15, -0.1) is 11.3 Å². The maximum atomic E-state index is 11.4. The molecule has 0 aliphatic heterocycles. The van der Waals surface area contributed by atoms with Gasteiger partial charge in [0.1, 0.15) is 4.88 Å². The van der Waals surface area contributed by atoms with Gasteiger partial charge in [-0.1, -0.05) is 11.6 Å². The van der Waals surface area contributed by atoms with Crippen molar-refractivity contribution >= 4 is 50.8 Å². The van der Waals surface area contributed by atoms with Crippen molar-refractivity contribution in [2.45, 2.75) is 0 Å². The lowest BCUT2D eigenvalue weighted by molar-refractivity contribution is 0.0606. The summed E-state index contributed by atoms with van der Waals surface area (Å²) in [6, 6.07) is 5.01. The van der Waals surface area contributed by atoms with E-state index >= 15 is 0 Å². The zero-order valence-corrected chi connectivity index (χ0v) is 10.3. The Labute approximate surface area is 105 Å². The molecule has 2 aromatic rings. The van der Waals surface area contributed by atoms with Gasteiger partial charge in [0.2, 0.25) is 6.08 Å². The summed E-state index contributed by atoms with van der Waals surface area (Å²) < 4.78 is 5.40. The Kier molecular flexibility index (Phi) is 3.24. The molecule has 0 N–H and O–H groups in total. The Morgan fingerprint density at radius 1 is 1.53 bits per heavy atom. The summed E-state index contributed by atoms with van der Waals surface area (Å²) in [5.74, 6) is -0.475. The number of hydrogen-bond donors (Lipinski definition) is 0. The lowest BCUT2D eigenvalue weighted by atomic mass is 10.2. The summed E-state index contributed by atoms with van der Waals surface area (Å²) in [4.78, 5) is 25.4. The molecular weight excluding hydrogens is 262 g/mol. The van der Waals surface area contributed by atoms with Crippen LogP contribution in [0.15, 0.2) is 23.2 Å². The number of carbonyl (C=O) groups excluding carboxylic acids is 2. The molecule has 2 rings (SSSR count). The Morgan fingerprint density at radius 2 is 2.29 bits per heavy atom. The molecule has 86 valence electrons. The highest BCUT2D eigenvalue weighted by molar-refractivity contribution is 7.21. The molecule has 0 amide bonds. The lowest BCUT2D eigenvalue weighted by Crippen LogP contribution is -1.97. The number of aliphatic imine (C=N–C) groups is 1. The topological polar surface area (TPSA) is 55.7 Å². The monoisotopic (exact) mass is 267 g/mol. The Morgan fingerprint density at radius 3 is 2.94 bits per heavy atom. The van der Waals surface area contributed by atoms with Crippen LogP contribution in [0.3, 0.4) is 0 Å². The minimum Gasteiger partial charge on any atom is -0.465 e. The molecular formula is C11H6ClNO3S. The van der Waals surface area contributed by atoms with E-state index < -0.39 is 5.97 Å². The number of thiophene rings is 1. The molecule has 1 aromatic heterocycles. The molecule has 0 saturated heterocycles. The minimum atomic E-state index is -0.475. The number of fused-ring (bicyclic) bond motifs is 1. The van der Waals surface area contributed by atoms with Gasteiger partial charge in [0.05, 0.1) is 17.8 Å². The summed E-state index contributed by atoms with van der Waals surface area (Å²) in [5, 5.41) is 1.10. The first kappa shape index (κ1) is 11.8. The highest BCUT2D eigenvalue weighted by Crippen LogP contribution is 2.37. The van der Waals surface area contributed by atoms with Gasteiger partial charge < -0.3 is 4.74 Å². The van der Waals surface area contributed by atoms with E-state index in [9.17, 15) is 9.59 Å². The summed E-state index contributed by atoms with van der Waals surface area (Å²) in [6.07, 6.45) is 1.46. The third-order valence-corrected chi connectivity index (χ3v) is 3.80. The van der Waals surface area contributed by atoms with Crippen LogP contribution in [0.2, 0.25) is 5.02 Å². The third-order valence-electron chi connectivity index (χ3n) is 2.16. The number of isocyanates is 1. The molecule has 6 heteroatoms. The number of methoxy groups -OCH3 is 1. The molecule has 0 atom stereocenters. The Bertz CT molecular complexity index is 643. The average molecular weight is 268 g/mol. The van der Waals surface area contributed by atoms with Crippen molar-refractivity contribution < 1.29 is 14.3 Å². The minimum absolute atomic E-state index is 0.344. The molecule has 1 aromatic carbocycles. The highest BCUT2D eigenvalue weighted by atomic mass is 35.5. The van der Waals surface area contributed by atoms with Crippen molar-refractivity contribution in [1.82, 2.24) is 0 Å². The standard InChI is InChI=1S/C11H6ClNO3S/c1-16-11(15)10-9(12)7-3-2-6(13-5-14)4-8(7)17-10/h2-4H,1H3. The van der Waals surface area contributed by atoms with Crippen LogP contribution in [0.5, 0.6) is 0 Å². The number of benzene rings is 1. The van der Waals surface area contributed by atoms with Gasteiger partial charge in [0.15, 0.2) is 0 Å². The number of esters is 1. The molecule has 4 nitrogen and oxygen atoms in total. The SMILES string of the molecule is COC(=O)c1sc2cc(N=C=O)ccc2c1Cl. The number of halogens is 1. The van der Waals surface area contributed by atoms with Crippen LogP contribution in [0.25, 0.3) is 10.1 Å². The van der Waals surface area contributed by atoms with Crippen molar-refractivity contribution in [2.24, 2.45) is 4.99 Å². The summed E-state index contributed by atoms with van der Waals surface area (Å²) >= 11 is 7.26. The Hall–Kier alpha value is -1.68. The first-order valence-corrected chi connectivity index (χ1v) is 5.75. The smallest absolute Gasteiger partial charge is 0.349 e.